The fourth-order valence-corrected chi connectivity index (χ4v) is 9.86. The van der Waals surface area contributed by atoms with E-state index in [0.717, 1.165) is 44.3 Å². The Morgan fingerprint density at radius 2 is 0.817 bits per heavy atom. The number of aromatic nitrogens is 4. The van der Waals surface area contributed by atoms with Gasteiger partial charge in [-0.2, -0.15) is 0 Å². The molecule has 0 aliphatic rings. The van der Waals surface area contributed by atoms with Gasteiger partial charge in [-0.25, -0.2) is 9.97 Å². The van der Waals surface area contributed by atoms with Gasteiger partial charge in [0.05, 0.1) is 33.3 Å². The van der Waals surface area contributed by atoms with E-state index in [0.29, 0.717) is 5.95 Å². The van der Waals surface area contributed by atoms with Crippen molar-refractivity contribution in [3.8, 4) is 34.0 Å². The van der Waals surface area contributed by atoms with E-state index in [4.69, 9.17) is 9.97 Å². The fraction of sp³-hybridized carbons (Fsp3) is 0. The number of nitrogens with zero attached hydrogens (tertiary/aromatic N) is 4. The lowest BCUT2D eigenvalue weighted by atomic mass is 9.94. The van der Waals surface area contributed by atoms with E-state index in [1.54, 1.807) is 0 Å². The molecule has 0 unspecified atom stereocenters. The summed E-state index contributed by atoms with van der Waals surface area (Å²) in [5, 5.41) is 13.4. The third-order valence-electron chi connectivity index (χ3n) is 12.5. The first kappa shape index (κ1) is 32.9. The van der Waals surface area contributed by atoms with Gasteiger partial charge in [-0.15, -0.1) is 0 Å². The lowest BCUT2D eigenvalue weighted by molar-refractivity contribution is 1.01. The molecule has 13 rings (SSSR count). The zero-order valence-corrected chi connectivity index (χ0v) is 32.4. The van der Waals surface area contributed by atoms with Crippen LogP contribution < -0.4 is 0 Å². The Labute approximate surface area is 344 Å². The Kier molecular flexibility index (Phi) is 6.98. The van der Waals surface area contributed by atoms with Gasteiger partial charge in [0.15, 0.2) is 0 Å². The smallest absolute Gasteiger partial charge is 0.235 e. The second-order valence-electron chi connectivity index (χ2n) is 15.7. The van der Waals surface area contributed by atoms with Crippen LogP contribution in [0.5, 0.6) is 0 Å². The lowest BCUT2D eigenvalue weighted by Gasteiger charge is -2.14. The molecule has 4 heteroatoms. The molecule has 0 aliphatic heterocycles. The number of hydrogen-bond acceptors (Lipinski definition) is 2. The molecule has 0 saturated heterocycles. The van der Waals surface area contributed by atoms with Gasteiger partial charge >= 0.3 is 0 Å². The number of rotatable bonds is 4. The zero-order valence-electron chi connectivity index (χ0n) is 32.4. The summed E-state index contributed by atoms with van der Waals surface area (Å²) in [7, 11) is 0. The van der Waals surface area contributed by atoms with Crippen molar-refractivity contribution in [3.63, 3.8) is 0 Å². The largest absolute Gasteiger partial charge is 0.309 e. The molecule has 13 aromatic rings. The van der Waals surface area contributed by atoms with E-state index in [-0.39, 0.29) is 0 Å². The van der Waals surface area contributed by atoms with E-state index in [9.17, 15) is 0 Å². The van der Waals surface area contributed by atoms with Crippen LogP contribution in [0.3, 0.4) is 0 Å². The van der Waals surface area contributed by atoms with Crippen molar-refractivity contribution in [1.82, 2.24) is 19.1 Å². The van der Waals surface area contributed by atoms with Gasteiger partial charge in [-0.3, -0.25) is 4.57 Å². The van der Waals surface area contributed by atoms with Gasteiger partial charge in [0.1, 0.15) is 0 Å². The third kappa shape index (κ3) is 4.73. The molecular formula is C56H34N4. The summed E-state index contributed by atoms with van der Waals surface area (Å²) < 4.78 is 4.74. The summed E-state index contributed by atoms with van der Waals surface area (Å²) >= 11 is 0. The summed E-state index contributed by atoms with van der Waals surface area (Å²) in [6.07, 6.45) is 0. The van der Waals surface area contributed by atoms with Crippen molar-refractivity contribution in [2.24, 2.45) is 0 Å². The van der Waals surface area contributed by atoms with E-state index in [1.165, 1.54) is 70.6 Å². The summed E-state index contributed by atoms with van der Waals surface area (Å²) in [5.41, 5.74) is 10.8. The maximum absolute atomic E-state index is 5.45. The molecule has 4 nitrogen and oxygen atoms in total. The average molecular weight is 763 g/mol. The topological polar surface area (TPSA) is 35.6 Å². The Balaban J connectivity index is 1.10. The zero-order chi connectivity index (χ0) is 39.3. The van der Waals surface area contributed by atoms with Crippen molar-refractivity contribution in [3.05, 3.63) is 206 Å². The highest BCUT2D eigenvalue weighted by Gasteiger charge is 2.23. The molecule has 0 N–H and O–H groups in total. The predicted molar refractivity (Wildman–Crippen MR) is 252 cm³/mol. The van der Waals surface area contributed by atoms with Crippen LogP contribution in [0, 0.1) is 0 Å². The second kappa shape index (κ2) is 12.7. The van der Waals surface area contributed by atoms with Crippen molar-refractivity contribution in [2.45, 2.75) is 0 Å². The Bertz CT molecular complexity index is 3840. The van der Waals surface area contributed by atoms with Crippen LogP contribution in [0.4, 0.5) is 0 Å². The maximum atomic E-state index is 5.45. The van der Waals surface area contributed by atoms with Gasteiger partial charge in [0.2, 0.25) is 5.95 Å². The number of para-hydroxylation sites is 3. The van der Waals surface area contributed by atoms with Crippen molar-refractivity contribution >= 4 is 86.8 Å². The van der Waals surface area contributed by atoms with Crippen LogP contribution in [-0.2, 0) is 0 Å². The molecule has 0 radical (unpaired) electrons. The minimum atomic E-state index is 0.646. The predicted octanol–water partition coefficient (Wildman–Crippen LogP) is 14.6. The monoisotopic (exact) mass is 762 g/mol. The Hall–Kier alpha value is -8.08. The number of benzene rings is 10. The van der Waals surface area contributed by atoms with Crippen LogP contribution in [0.15, 0.2) is 206 Å². The molecule has 278 valence electrons. The first-order valence-electron chi connectivity index (χ1n) is 20.5. The minimum absolute atomic E-state index is 0.646. The van der Waals surface area contributed by atoms with Crippen LogP contribution in [0.1, 0.15) is 0 Å². The van der Waals surface area contributed by atoms with Crippen LogP contribution >= 0.6 is 0 Å². The van der Waals surface area contributed by atoms with Crippen LogP contribution in [-0.4, -0.2) is 19.1 Å². The van der Waals surface area contributed by atoms with E-state index < -0.39 is 0 Å². The fourth-order valence-electron chi connectivity index (χ4n) is 9.86. The van der Waals surface area contributed by atoms with E-state index >= 15 is 0 Å². The molecule has 0 fully saturated rings. The Morgan fingerprint density at radius 1 is 0.300 bits per heavy atom. The van der Waals surface area contributed by atoms with Crippen molar-refractivity contribution < 1.29 is 0 Å². The lowest BCUT2D eigenvalue weighted by Crippen LogP contribution is -2.03. The molecule has 10 aromatic carbocycles. The quantitative estimate of drug-likeness (QED) is 0.167. The van der Waals surface area contributed by atoms with Gasteiger partial charge < -0.3 is 4.57 Å². The number of fused-ring (bicyclic) bond motifs is 14. The van der Waals surface area contributed by atoms with Crippen molar-refractivity contribution in [2.75, 3.05) is 0 Å². The second-order valence-corrected chi connectivity index (χ2v) is 15.7. The van der Waals surface area contributed by atoms with Crippen LogP contribution in [0.25, 0.3) is 121 Å². The third-order valence-corrected chi connectivity index (χ3v) is 12.5. The van der Waals surface area contributed by atoms with E-state index in [2.05, 4.69) is 215 Å². The molecule has 60 heavy (non-hydrogen) atoms. The standard InChI is InChI=1S/C56H34N4/c1-2-14-35(15-3-1)36-26-28-37(29-27-36)54-46-21-8-11-23-49(46)57-56(58-54)60-51-25-13-10-22-47(51)53-52(60)33-32-45-44-20-9-12-24-50(44)59(55(45)53)38-30-31-43-41-18-5-4-16-39(41)40-17-6-7-19-42(40)48(43)34-38/h1-34H. The molecule has 0 saturated carbocycles. The molecule has 0 aliphatic carbocycles. The molecule has 0 amide bonds. The normalized spacial score (nSPS) is 12.0. The maximum Gasteiger partial charge on any atom is 0.235 e. The molecular weight excluding hydrogens is 729 g/mol. The van der Waals surface area contributed by atoms with Crippen LogP contribution in [0.2, 0.25) is 0 Å². The highest BCUT2D eigenvalue weighted by molar-refractivity contribution is 6.28. The molecule has 0 spiro atoms. The Morgan fingerprint density at radius 3 is 1.53 bits per heavy atom. The van der Waals surface area contributed by atoms with Gasteiger partial charge in [-0.05, 0) is 79.8 Å². The van der Waals surface area contributed by atoms with Gasteiger partial charge in [-0.1, -0.05) is 170 Å². The summed E-state index contributed by atoms with van der Waals surface area (Å²) in [6, 6.07) is 74.3. The van der Waals surface area contributed by atoms with E-state index in [1.807, 2.05) is 0 Å². The molecule has 3 aromatic heterocycles. The highest BCUT2D eigenvalue weighted by atomic mass is 15.2. The summed E-state index contributed by atoms with van der Waals surface area (Å²) in [4.78, 5) is 10.8. The SMILES string of the molecule is c1ccc(-c2ccc(-c3nc(-n4c5ccccc5c5c4ccc4c6ccccc6n(-c6ccc7c8ccccc8c8ccccc8c7c6)c45)nc4ccccc34)cc2)cc1. The van der Waals surface area contributed by atoms with Gasteiger partial charge in [0, 0.05) is 38.2 Å². The molecule has 3 heterocycles. The molecule has 0 bridgehead atoms. The molecule has 0 atom stereocenters. The first-order chi connectivity index (χ1) is 29.8. The summed E-state index contributed by atoms with van der Waals surface area (Å²) in [6.45, 7) is 0. The minimum Gasteiger partial charge on any atom is -0.309 e. The van der Waals surface area contributed by atoms with Crippen molar-refractivity contribution in [1.29, 1.82) is 0 Å². The average Bonchev–Trinajstić information content (AvgIpc) is 3.84. The summed E-state index contributed by atoms with van der Waals surface area (Å²) in [5.74, 6) is 0.646. The first-order valence-corrected chi connectivity index (χ1v) is 20.5. The number of hydrogen-bond donors (Lipinski definition) is 0. The van der Waals surface area contributed by atoms with Gasteiger partial charge in [0.25, 0.3) is 0 Å². The highest BCUT2D eigenvalue weighted by Crippen LogP contribution is 2.43.